The van der Waals surface area contributed by atoms with Gasteiger partial charge in [0.05, 0.1) is 11.3 Å². The Hall–Kier alpha value is -1.76. The normalized spacial score (nSPS) is 16.3. The quantitative estimate of drug-likeness (QED) is 0.613. The molecule has 1 aromatic rings. The van der Waals surface area contributed by atoms with Gasteiger partial charge in [-0.05, 0) is 31.0 Å². The molecule has 0 saturated heterocycles. The molecule has 2 amide bonds. The van der Waals surface area contributed by atoms with Crippen molar-refractivity contribution in [3.05, 3.63) is 28.8 Å². The van der Waals surface area contributed by atoms with Crippen LogP contribution in [0.2, 0.25) is 5.02 Å². The number of carbonyl (C=O) groups excluding carboxylic acids is 2. The van der Waals surface area contributed by atoms with E-state index >= 15 is 0 Å². The summed E-state index contributed by atoms with van der Waals surface area (Å²) >= 11 is 5.57. The fourth-order valence-corrected chi connectivity index (χ4v) is 2.89. The maximum absolute atomic E-state index is 13.0. The summed E-state index contributed by atoms with van der Waals surface area (Å²) in [4.78, 5) is 23.8. The van der Waals surface area contributed by atoms with E-state index in [9.17, 15) is 22.8 Å². The van der Waals surface area contributed by atoms with Crippen molar-refractivity contribution in [3.8, 4) is 0 Å². The molecule has 0 unspecified atom stereocenters. The van der Waals surface area contributed by atoms with E-state index in [0.717, 1.165) is 44.6 Å². The summed E-state index contributed by atoms with van der Waals surface area (Å²) in [6.45, 7) is 0. The van der Waals surface area contributed by atoms with Gasteiger partial charge in [-0.3, -0.25) is 9.59 Å². The maximum Gasteiger partial charge on any atom is 0.418 e. The highest BCUT2D eigenvalue weighted by Gasteiger charge is 2.34. The molecule has 1 fully saturated rings. The lowest BCUT2D eigenvalue weighted by Gasteiger charge is -2.17. The van der Waals surface area contributed by atoms with Crippen LogP contribution in [0.3, 0.4) is 0 Å². The number of carbonyl (C=O) groups is 2. The van der Waals surface area contributed by atoms with Crippen LogP contribution in [-0.4, -0.2) is 17.9 Å². The molecule has 4 nitrogen and oxygen atoms in total. The Labute approximate surface area is 142 Å². The number of hydrogen-bond acceptors (Lipinski definition) is 2. The van der Waals surface area contributed by atoms with Gasteiger partial charge < -0.3 is 10.6 Å². The molecule has 1 aromatic carbocycles. The third-order valence-corrected chi connectivity index (χ3v) is 4.17. The van der Waals surface area contributed by atoms with Gasteiger partial charge in [-0.15, -0.1) is 0 Å². The summed E-state index contributed by atoms with van der Waals surface area (Å²) < 4.78 is 39.0. The fourth-order valence-electron chi connectivity index (χ4n) is 2.71. The standard InChI is InChI=1S/C16H18ClF3N2O2/c17-10-7-8-13(12(9-10)16(18,19)20)22-15(24)14(23)21-11-5-3-1-2-4-6-11/h7-9,11H,1-6H2,(H,21,23)(H,22,24). The van der Waals surface area contributed by atoms with Gasteiger partial charge in [0, 0.05) is 11.1 Å². The van der Waals surface area contributed by atoms with E-state index in [4.69, 9.17) is 11.6 Å². The largest absolute Gasteiger partial charge is 0.418 e. The summed E-state index contributed by atoms with van der Waals surface area (Å²) in [5, 5.41) is 4.50. The summed E-state index contributed by atoms with van der Waals surface area (Å²) in [7, 11) is 0. The lowest BCUT2D eigenvalue weighted by atomic mass is 10.1. The van der Waals surface area contributed by atoms with Crippen LogP contribution < -0.4 is 10.6 Å². The van der Waals surface area contributed by atoms with E-state index in [0.29, 0.717) is 6.07 Å². The Morgan fingerprint density at radius 1 is 1.04 bits per heavy atom. The highest BCUT2D eigenvalue weighted by molar-refractivity contribution is 6.39. The average molecular weight is 363 g/mol. The smallest absolute Gasteiger partial charge is 0.345 e. The van der Waals surface area contributed by atoms with Gasteiger partial charge in [-0.1, -0.05) is 37.3 Å². The monoisotopic (exact) mass is 362 g/mol. The Morgan fingerprint density at radius 2 is 1.67 bits per heavy atom. The van der Waals surface area contributed by atoms with Crippen molar-refractivity contribution in [2.75, 3.05) is 5.32 Å². The third kappa shape index (κ3) is 5.12. The Balaban J connectivity index is 2.05. The number of alkyl halides is 3. The predicted molar refractivity (Wildman–Crippen MR) is 84.7 cm³/mol. The first-order valence-corrected chi connectivity index (χ1v) is 8.14. The number of amides is 2. The van der Waals surface area contributed by atoms with E-state index in [1.807, 2.05) is 5.32 Å². The van der Waals surface area contributed by atoms with Gasteiger partial charge in [-0.25, -0.2) is 0 Å². The molecule has 132 valence electrons. The first-order valence-electron chi connectivity index (χ1n) is 7.76. The fraction of sp³-hybridized carbons (Fsp3) is 0.500. The molecule has 0 spiro atoms. The van der Waals surface area contributed by atoms with Gasteiger partial charge >= 0.3 is 18.0 Å². The molecular formula is C16H18ClF3N2O2. The Bertz CT molecular complexity index is 612. The highest BCUT2D eigenvalue weighted by Crippen LogP contribution is 2.36. The SMILES string of the molecule is O=C(Nc1ccc(Cl)cc1C(F)(F)F)C(=O)NC1CCCCCC1. The van der Waals surface area contributed by atoms with E-state index in [1.165, 1.54) is 6.07 Å². The van der Waals surface area contributed by atoms with Crippen molar-refractivity contribution in [3.63, 3.8) is 0 Å². The molecule has 1 aliphatic rings. The first-order chi connectivity index (χ1) is 11.3. The van der Waals surface area contributed by atoms with Crippen LogP contribution in [-0.2, 0) is 15.8 Å². The molecule has 1 aliphatic carbocycles. The van der Waals surface area contributed by atoms with Gasteiger partial charge in [-0.2, -0.15) is 13.2 Å². The van der Waals surface area contributed by atoms with E-state index < -0.39 is 29.2 Å². The second kappa shape index (κ2) is 7.88. The lowest BCUT2D eigenvalue weighted by molar-refractivity contribution is -0.138. The average Bonchev–Trinajstić information content (AvgIpc) is 2.76. The van der Waals surface area contributed by atoms with Crippen LogP contribution in [0.15, 0.2) is 18.2 Å². The van der Waals surface area contributed by atoms with Crippen molar-refractivity contribution < 1.29 is 22.8 Å². The third-order valence-electron chi connectivity index (χ3n) is 3.93. The molecule has 0 aromatic heterocycles. The minimum atomic E-state index is -4.69. The van der Waals surface area contributed by atoms with Crippen LogP contribution in [0.5, 0.6) is 0 Å². The molecule has 24 heavy (non-hydrogen) atoms. The summed E-state index contributed by atoms with van der Waals surface area (Å²) in [6.07, 6.45) is 0.938. The minimum absolute atomic E-state index is 0.108. The van der Waals surface area contributed by atoms with E-state index in [2.05, 4.69) is 5.32 Å². The van der Waals surface area contributed by atoms with Crippen molar-refractivity contribution in [1.29, 1.82) is 0 Å². The second-order valence-electron chi connectivity index (χ2n) is 5.80. The van der Waals surface area contributed by atoms with E-state index in [1.54, 1.807) is 0 Å². The van der Waals surface area contributed by atoms with Gasteiger partial charge in [0.1, 0.15) is 0 Å². The molecule has 1 saturated carbocycles. The number of benzene rings is 1. The van der Waals surface area contributed by atoms with Gasteiger partial charge in [0.2, 0.25) is 0 Å². The highest BCUT2D eigenvalue weighted by atomic mass is 35.5. The number of nitrogens with one attached hydrogen (secondary N) is 2. The van der Waals surface area contributed by atoms with Crippen LogP contribution in [0.4, 0.5) is 18.9 Å². The molecule has 8 heteroatoms. The zero-order valence-electron chi connectivity index (χ0n) is 12.9. The molecule has 0 atom stereocenters. The number of halogens is 4. The lowest BCUT2D eigenvalue weighted by Crippen LogP contribution is -2.41. The predicted octanol–water partition coefficient (Wildman–Crippen LogP) is 4.14. The van der Waals surface area contributed by atoms with Crippen molar-refractivity contribution in [2.24, 2.45) is 0 Å². The van der Waals surface area contributed by atoms with Crippen LogP contribution >= 0.6 is 11.6 Å². The summed E-state index contributed by atoms with van der Waals surface area (Å²) in [5.74, 6) is -2.04. The van der Waals surface area contributed by atoms with Gasteiger partial charge in [0.25, 0.3) is 0 Å². The van der Waals surface area contributed by atoms with Crippen molar-refractivity contribution in [2.45, 2.75) is 50.7 Å². The minimum Gasteiger partial charge on any atom is -0.345 e. The first kappa shape index (κ1) is 18.6. The number of anilines is 1. The van der Waals surface area contributed by atoms with Crippen LogP contribution in [0, 0.1) is 0 Å². The van der Waals surface area contributed by atoms with Gasteiger partial charge in [0.15, 0.2) is 0 Å². The van der Waals surface area contributed by atoms with Crippen LogP contribution in [0.1, 0.15) is 44.1 Å². The molecular weight excluding hydrogens is 345 g/mol. The maximum atomic E-state index is 13.0. The molecule has 0 heterocycles. The molecule has 0 aliphatic heterocycles. The zero-order valence-corrected chi connectivity index (χ0v) is 13.6. The Kier molecular flexibility index (Phi) is 6.10. The molecule has 0 radical (unpaired) electrons. The van der Waals surface area contributed by atoms with Crippen molar-refractivity contribution in [1.82, 2.24) is 5.32 Å². The number of rotatable bonds is 2. The molecule has 0 bridgehead atoms. The van der Waals surface area contributed by atoms with Crippen molar-refractivity contribution >= 4 is 29.1 Å². The summed E-state index contributed by atoms with van der Waals surface area (Å²) in [5.41, 5.74) is -1.58. The molecule has 2 rings (SSSR count). The molecule has 2 N–H and O–H groups in total. The Morgan fingerprint density at radius 3 is 2.25 bits per heavy atom. The number of hydrogen-bond donors (Lipinski definition) is 2. The van der Waals surface area contributed by atoms with E-state index in [-0.39, 0.29) is 11.1 Å². The summed E-state index contributed by atoms with van der Waals surface area (Å²) in [6, 6.07) is 2.84. The second-order valence-corrected chi connectivity index (χ2v) is 6.24. The zero-order chi connectivity index (χ0) is 17.7. The topological polar surface area (TPSA) is 58.2 Å². The van der Waals surface area contributed by atoms with Crippen LogP contribution in [0.25, 0.3) is 0 Å².